The lowest BCUT2D eigenvalue weighted by Gasteiger charge is -2.21. The lowest BCUT2D eigenvalue weighted by atomic mass is 10.0. The summed E-state index contributed by atoms with van der Waals surface area (Å²) in [5, 5.41) is 8.00. The van der Waals surface area contributed by atoms with Gasteiger partial charge in [0.1, 0.15) is 5.82 Å². The summed E-state index contributed by atoms with van der Waals surface area (Å²) in [5.74, 6) is 1.26. The zero-order valence-electron chi connectivity index (χ0n) is 14.8. The quantitative estimate of drug-likeness (QED) is 0.885. The van der Waals surface area contributed by atoms with E-state index in [2.05, 4.69) is 29.2 Å². The number of aromatic nitrogens is 3. The maximum Gasteiger partial charge on any atom is 0.225 e. The Morgan fingerprint density at radius 2 is 2.29 bits per heavy atom. The van der Waals surface area contributed by atoms with Crippen LogP contribution in [0, 0.1) is 12.8 Å². The molecular formula is C18H27N5O. The van der Waals surface area contributed by atoms with Gasteiger partial charge in [-0.15, -0.1) is 5.10 Å². The van der Waals surface area contributed by atoms with E-state index >= 15 is 0 Å². The highest BCUT2D eigenvalue weighted by atomic mass is 16.2. The van der Waals surface area contributed by atoms with E-state index in [1.54, 1.807) is 4.52 Å². The number of amides is 1. The van der Waals surface area contributed by atoms with Crippen molar-refractivity contribution in [1.29, 1.82) is 0 Å². The molecule has 0 aliphatic carbocycles. The first-order valence-electron chi connectivity index (χ1n) is 8.95. The van der Waals surface area contributed by atoms with Crippen LogP contribution in [0.1, 0.15) is 45.2 Å². The highest BCUT2D eigenvalue weighted by molar-refractivity contribution is 5.78. The molecule has 24 heavy (non-hydrogen) atoms. The van der Waals surface area contributed by atoms with Gasteiger partial charge in [-0.1, -0.05) is 26.7 Å². The minimum atomic E-state index is 0.132. The molecule has 1 aliphatic heterocycles. The standard InChI is InChI=1S/C18H27N5O/c1-4-5-6-13(2)18(24)22-10-9-15(12-22)20-16-7-8-17-19-14(3)11-23(17)21-16/h7-8,11,13,15H,4-6,9-10,12H2,1-3H3,(H,20,21)/t13-,15-/m1/s1. The van der Waals surface area contributed by atoms with Crippen LogP contribution < -0.4 is 5.32 Å². The largest absolute Gasteiger partial charge is 0.364 e. The number of rotatable bonds is 6. The van der Waals surface area contributed by atoms with Gasteiger partial charge in [-0.2, -0.15) is 0 Å². The summed E-state index contributed by atoms with van der Waals surface area (Å²) in [6.07, 6.45) is 6.14. The molecule has 0 spiro atoms. The number of carbonyl (C=O) groups is 1. The molecule has 0 saturated carbocycles. The number of hydrogen-bond donors (Lipinski definition) is 1. The number of anilines is 1. The van der Waals surface area contributed by atoms with Crippen LogP contribution in [0.15, 0.2) is 18.3 Å². The SMILES string of the molecule is CCCC[C@@H](C)C(=O)N1CC[C@@H](Nc2ccc3nc(C)cn3n2)C1. The van der Waals surface area contributed by atoms with E-state index in [1.807, 2.05) is 30.2 Å². The first-order valence-corrected chi connectivity index (χ1v) is 8.95. The Labute approximate surface area is 143 Å². The fraction of sp³-hybridized carbons (Fsp3) is 0.611. The fourth-order valence-corrected chi connectivity index (χ4v) is 3.31. The molecule has 1 aliphatic rings. The fourth-order valence-electron chi connectivity index (χ4n) is 3.31. The monoisotopic (exact) mass is 329 g/mol. The second kappa shape index (κ2) is 7.20. The number of nitrogens with one attached hydrogen (secondary N) is 1. The van der Waals surface area contributed by atoms with Gasteiger partial charge in [0, 0.05) is 25.0 Å². The number of carbonyl (C=O) groups excluding carboxylic acids is 1. The summed E-state index contributed by atoms with van der Waals surface area (Å²) in [4.78, 5) is 18.9. The van der Waals surface area contributed by atoms with E-state index in [4.69, 9.17) is 0 Å². The molecule has 1 fully saturated rings. The van der Waals surface area contributed by atoms with E-state index in [0.717, 1.165) is 55.9 Å². The first-order chi connectivity index (χ1) is 11.6. The van der Waals surface area contributed by atoms with Crippen LogP contribution >= 0.6 is 0 Å². The van der Waals surface area contributed by atoms with Gasteiger partial charge in [-0.25, -0.2) is 9.50 Å². The minimum absolute atomic E-state index is 0.132. The second-order valence-corrected chi connectivity index (χ2v) is 6.86. The molecule has 2 aromatic rings. The van der Waals surface area contributed by atoms with Crippen LogP contribution in [0.25, 0.3) is 5.65 Å². The lowest BCUT2D eigenvalue weighted by molar-refractivity contribution is -0.134. The maximum absolute atomic E-state index is 12.5. The Bertz CT molecular complexity index is 710. The number of imidazole rings is 1. The smallest absolute Gasteiger partial charge is 0.225 e. The van der Waals surface area contributed by atoms with Crippen molar-refractivity contribution in [2.24, 2.45) is 5.92 Å². The molecule has 130 valence electrons. The summed E-state index contributed by atoms with van der Waals surface area (Å²) in [5.41, 5.74) is 1.81. The Kier molecular flexibility index (Phi) is 5.02. The molecule has 0 bridgehead atoms. The van der Waals surface area contributed by atoms with Crippen LogP contribution in [-0.2, 0) is 4.79 Å². The van der Waals surface area contributed by atoms with Crippen molar-refractivity contribution < 1.29 is 4.79 Å². The third kappa shape index (κ3) is 3.68. The Balaban J connectivity index is 1.57. The van der Waals surface area contributed by atoms with Crippen molar-refractivity contribution in [3.05, 3.63) is 24.0 Å². The molecule has 1 saturated heterocycles. The van der Waals surface area contributed by atoms with Gasteiger partial charge in [0.2, 0.25) is 5.91 Å². The summed E-state index contributed by atoms with van der Waals surface area (Å²) >= 11 is 0. The highest BCUT2D eigenvalue weighted by Gasteiger charge is 2.28. The Morgan fingerprint density at radius 3 is 3.08 bits per heavy atom. The number of unbranched alkanes of at least 4 members (excludes halogenated alkanes) is 1. The molecule has 2 aromatic heterocycles. The molecule has 1 amide bonds. The van der Waals surface area contributed by atoms with Gasteiger partial charge in [0.25, 0.3) is 0 Å². The third-order valence-electron chi connectivity index (χ3n) is 4.70. The molecule has 0 aromatic carbocycles. The van der Waals surface area contributed by atoms with Crippen molar-refractivity contribution in [2.45, 2.75) is 52.5 Å². The van der Waals surface area contributed by atoms with Gasteiger partial charge in [0.15, 0.2) is 5.65 Å². The van der Waals surface area contributed by atoms with Crippen molar-refractivity contribution in [2.75, 3.05) is 18.4 Å². The number of aryl methyl sites for hydroxylation is 1. The molecule has 3 rings (SSSR count). The summed E-state index contributed by atoms with van der Waals surface area (Å²) in [6.45, 7) is 7.77. The summed E-state index contributed by atoms with van der Waals surface area (Å²) in [6, 6.07) is 4.19. The number of hydrogen-bond acceptors (Lipinski definition) is 4. The van der Waals surface area contributed by atoms with Crippen LogP contribution in [0.3, 0.4) is 0 Å². The number of likely N-dealkylation sites (tertiary alicyclic amines) is 1. The Morgan fingerprint density at radius 1 is 1.46 bits per heavy atom. The zero-order valence-corrected chi connectivity index (χ0v) is 14.8. The maximum atomic E-state index is 12.5. The summed E-state index contributed by atoms with van der Waals surface area (Å²) < 4.78 is 1.79. The molecule has 6 nitrogen and oxygen atoms in total. The van der Waals surface area contributed by atoms with Gasteiger partial charge >= 0.3 is 0 Å². The van der Waals surface area contributed by atoms with E-state index in [-0.39, 0.29) is 12.0 Å². The van der Waals surface area contributed by atoms with Crippen molar-refractivity contribution >= 4 is 17.4 Å². The van der Waals surface area contributed by atoms with Gasteiger partial charge in [-0.3, -0.25) is 4.79 Å². The van der Waals surface area contributed by atoms with E-state index < -0.39 is 0 Å². The van der Waals surface area contributed by atoms with Crippen molar-refractivity contribution in [3.63, 3.8) is 0 Å². The minimum Gasteiger partial charge on any atom is -0.364 e. The molecular weight excluding hydrogens is 302 g/mol. The molecule has 2 atom stereocenters. The van der Waals surface area contributed by atoms with Gasteiger partial charge in [-0.05, 0) is 31.9 Å². The molecule has 0 radical (unpaired) electrons. The second-order valence-electron chi connectivity index (χ2n) is 6.86. The topological polar surface area (TPSA) is 62.5 Å². The predicted molar refractivity (Wildman–Crippen MR) is 95.0 cm³/mol. The lowest BCUT2D eigenvalue weighted by Crippen LogP contribution is -2.35. The molecule has 1 N–H and O–H groups in total. The first kappa shape index (κ1) is 16.7. The number of fused-ring (bicyclic) bond motifs is 1. The zero-order chi connectivity index (χ0) is 17.1. The summed E-state index contributed by atoms with van der Waals surface area (Å²) in [7, 11) is 0. The normalized spacial score (nSPS) is 19.0. The Hall–Kier alpha value is -2.11. The molecule has 0 unspecified atom stereocenters. The van der Waals surface area contributed by atoms with Crippen LogP contribution in [0.2, 0.25) is 0 Å². The highest BCUT2D eigenvalue weighted by Crippen LogP contribution is 2.19. The van der Waals surface area contributed by atoms with Crippen molar-refractivity contribution in [3.8, 4) is 0 Å². The van der Waals surface area contributed by atoms with Crippen LogP contribution in [0.5, 0.6) is 0 Å². The number of nitrogens with zero attached hydrogens (tertiary/aromatic N) is 4. The van der Waals surface area contributed by atoms with Crippen molar-refractivity contribution in [1.82, 2.24) is 19.5 Å². The van der Waals surface area contributed by atoms with E-state index in [1.165, 1.54) is 0 Å². The third-order valence-corrected chi connectivity index (χ3v) is 4.70. The van der Waals surface area contributed by atoms with Crippen LogP contribution in [-0.4, -0.2) is 44.5 Å². The van der Waals surface area contributed by atoms with Gasteiger partial charge in [0.05, 0.1) is 11.9 Å². The predicted octanol–water partition coefficient (Wildman–Crippen LogP) is 2.88. The van der Waals surface area contributed by atoms with Crippen LogP contribution in [0.4, 0.5) is 5.82 Å². The van der Waals surface area contributed by atoms with Gasteiger partial charge < -0.3 is 10.2 Å². The molecule has 3 heterocycles. The molecule has 6 heteroatoms. The average Bonchev–Trinajstić information content (AvgIpc) is 3.17. The van der Waals surface area contributed by atoms with E-state index in [0.29, 0.717) is 5.91 Å². The average molecular weight is 329 g/mol. The van der Waals surface area contributed by atoms with E-state index in [9.17, 15) is 4.79 Å².